The van der Waals surface area contributed by atoms with Gasteiger partial charge in [-0.05, 0) is 26.0 Å². The van der Waals surface area contributed by atoms with Crippen LogP contribution in [-0.4, -0.2) is 54.7 Å². The van der Waals surface area contributed by atoms with Crippen LogP contribution in [0.5, 0.6) is 0 Å². The van der Waals surface area contributed by atoms with Crippen molar-refractivity contribution in [2.24, 2.45) is 0 Å². The number of epoxide rings is 1. The van der Waals surface area contributed by atoms with Crippen molar-refractivity contribution in [2.75, 3.05) is 20.3 Å². The van der Waals surface area contributed by atoms with Crippen molar-refractivity contribution < 1.29 is 19.4 Å². The summed E-state index contributed by atoms with van der Waals surface area (Å²) in [5, 5.41) is 14.6. The van der Waals surface area contributed by atoms with E-state index in [2.05, 4.69) is 10.6 Å². The van der Waals surface area contributed by atoms with Crippen molar-refractivity contribution in [3.05, 3.63) is 35.9 Å². The number of likely N-dealkylation sites (N-methyl/N-ethyl adjacent to an activating group) is 1. The summed E-state index contributed by atoms with van der Waals surface area (Å²) < 4.78 is 5.21. The molecule has 0 aliphatic carbocycles. The third-order valence-corrected chi connectivity index (χ3v) is 3.86. The number of rotatable bonds is 8. The van der Waals surface area contributed by atoms with Gasteiger partial charge in [0.1, 0.15) is 11.6 Å². The Bertz CT molecular complexity index is 524. The highest BCUT2D eigenvalue weighted by molar-refractivity contribution is 5.97. The average Bonchev–Trinajstić information content (AvgIpc) is 3.27. The SMILES string of the molecule is CN[C@@H](CO)C(=O)N[C@@H](Cc1ccccc1)C(=O)[C@@]1(C)CO1. The minimum Gasteiger partial charge on any atom is -0.394 e. The maximum Gasteiger partial charge on any atom is 0.240 e. The second kappa shape index (κ2) is 7.00. The van der Waals surface area contributed by atoms with E-state index in [-0.39, 0.29) is 12.4 Å². The van der Waals surface area contributed by atoms with Crippen molar-refractivity contribution in [2.45, 2.75) is 31.0 Å². The van der Waals surface area contributed by atoms with E-state index in [1.807, 2.05) is 30.3 Å². The minimum atomic E-state index is -0.804. The topological polar surface area (TPSA) is 91.0 Å². The van der Waals surface area contributed by atoms with Crippen LogP contribution in [0.1, 0.15) is 12.5 Å². The van der Waals surface area contributed by atoms with E-state index in [0.29, 0.717) is 13.0 Å². The molecule has 120 valence electrons. The highest BCUT2D eigenvalue weighted by Crippen LogP contribution is 2.29. The lowest BCUT2D eigenvalue weighted by molar-refractivity contribution is -0.131. The molecule has 3 atom stereocenters. The molecule has 1 aliphatic rings. The molecule has 1 fully saturated rings. The Hall–Kier alpha value is -1.76. The van der Waals surface area contributed by atoms with Crippen molar-refractivity contribution >= 4 is 11.7 Å². The third kappa shape index (κ3) is 3.91. The third-order valence-electron chi connectivity index (χ3n) is 3.86. The van der Waals surface area contributed by atoms with Gasteiger partial charge in [-0.2, -0.15) is 0 Å². The fourth-order valence-corrected chi connectivity index (χ4v) is 2.26. The van der Waals surface area contributed by atoms with Crippen LogP contribution in [0.2, 0.25) is 0 Å². The lowest BCUT2D eigenvalue weighted by Gasteiger charge is -2.22. The summed E-state index contributed by atoms with van der Waals surface area (Å²) in [4.78, 5) is 24.7. The highest BCUT2D eigenvalue weighted by atomic mass is 16.6. The van der Waals surface area contributed by atoms with Gasteiger partial charge in [-0.3, -0.25) is 9.59 Å². The summed E-state index contributed by atoms with van der Waals surface area (Å²) in [5.74, 6) is -0.541. The number of aliphatic hydroxyl groups is 1. The van der Waals surface area contributed by atoms with Gasteiger partial charge >= 0.3 is 0 Å². The van der Waals surface area contributed by atoms with E-state index in [0.717, 1.165) is 5.56 Å². The first-order chi connectivity index (χ1) is 10.5. The predicted octanol–water partition coefficient (Wildman–Crippen LogP) is -0.348. The number of benzene rings is 1. The molecule has 6 nitrogen and oxygen atoms in total. The number of amides is 1. The van der Waals surface area contributed by atoms with Gasteiger partial charge in [-0.25, -0.2) is 0 Å². The number of hydrogen-bond donors (Lipinski definition) is 3. The van der Waals surface area contributed by atoms with Crippen molar-refractivity contribution in [1.82, 2.24) is 10.6 Å². The number of ether oxygens (including phenoxy) is 1. The van der Waals surface area contributed by atoms with Crippen molar-refractivity contribution in [1.29, 1.82) is 0 Å². The molecule has 6 heteroatoms. The lowest BCUT2D eigenvalue weighted by Crippen LogP contribution is -2.53. The maximum absolute atomic E-state index is 12.5. The molecule has 0 bridgehead atoms. The molecule has 0 aromatic heterocycles. The summed E-state index contributed by atoms with van der Waals surface area (Å²) in [7, 11) is 1.58. The molecule has 22 heavy (non-hydrogen) atoms. The summed E-state index contributed by atoms with van der Waals surface area (Å²) in [6.45, 7) is 1.77. The van der Waals surface area contributed by atoms with Gasteiger partial charge < -0.3 is 20.5 Å². The van der Waals surface area contributed by atoms with Crippen LogP contribution in [-0.2, 0) is 20.7 Å². The molecule has 3 N–H and O–H groups in total. The van der Waals surface area contributed by atoms with E-state index in [4.69, 9.17) is 4.74 Å². The van der Waals surface area contributed by atoms with E-state index in [1.165, 1.54) is 0 Å². The minimum absolute atomic E-state index is 0.141. The van der Waals surface area contributed by atoms with E-state index >= 15 is 0 Å². The Morgan fingerprint density at radius 2 is 1.95 bits per heavy atom. The molecular formula is C16H22N2O4. The molecule has 1 heterocycles. The number of carbonyl (C=O) groups is 2. The van der Waals surface area contributed by atoms with Gasteiger partial charge in [-0.15, -0.1) is 0 Å². The molecule has 0 spiro atoms. The molecule has 1 saturated heterocycles. The zero-order chi connectivity index (χ0) is 16.2. The molecule has 1 amide bonds. The average molecular weight is 306 g/mol. The first-order valence-corrected chi connectivity index (χ1v) is 7.31. The second-order valence-corrected chi connectivity index (χ2v) is 5.66. The van der Waals surface area contributed by atoms with Crippen LogP contribution in [0.4, 0.5) is 0 Å². The Morgan fingerprint density at radius 1 is 1.32 bits per heavy atom. The first-order valence-electron chi connectivity index (χ1n) is 7.31. The van der Waals surface area contributed by atoms with Gasteiger partial charge in [0.05, 0.1) is 19.3 Å². The second-order valence-electron chi connectivity index (χ2n) is 5.66. The fourth-order valence-electron chi connectivity index (χ4n) is 2.26. The number of Topliss-reactive ketones (excluding diaryl/α,β-unsaturated/α-hetero) is 1. The highest BCUT2D eigenvalue weighted by Gasteiger charge is 2.50. The lowest BCUT2D eigenvalue weighted by atomic mass is 9.94. The molecule has 2 rings (SSSR count). The monoisotopic (exact) mass is 306 g/mol. The van der Waals surface area contributed by atoms with Crippen molar-refractivity contribution in [3.8, 4) is 0 Å². The van der Waals surface area contributed by atoms with Crippen LogP contribution in [0, 0.1) is 0 Å². The molecule has 1 aliphatic heterocycles. The van der Waals surface area contributed by atoms with Crippen LogP contribution in [0.15, 0.2) is 30.3 Å². The molecule has 1 aromatic rings. The fraction of sp³-hybridized carbons (Fsp3) is 0.500. The predicted molar refractivity (Wildman–Crippen MR) is 81.4 cm³/mol. The maximum atomic E-state index is 12.5. The zero-order valence-corrected chi connectivity index (χ0v) is 12.8. The van der Waals surface area contributed by atoms with Crippen LogP contribution < -0.4 is 10.6 Å². The zero-order valence-electron chi connectivity index (χ0n) is 12.8. The standard InChI is InChI=1S/C16H22N2O4/c1-16(10-22-16)14(20)12(8-11-6-4-3-5-7-11)18-15(21)13(9-19)17-2/h3-7,12-13,17,19H,8-10H2,1-2H3,(H,18,21)/t12-,13-,16+/m0/s1. The number of carbonyl (C=O) groups excluding carboxylic acids is 2. The molecule has 0 unspecified atom stereocenters. The Morgan fingerprint density at radius 3 is 2.45 bits per heavy atom. The molecule has 0 radical (unpaired) electrons. The molecular weight excluding hydrogens is 284 g/mol. The summed E-state index contributed by atoms with van der Waals surface area (Å²) in [6, 6.07) is 8.07. The summed E-state index contributed by atoms with van der Waals surface area (Å²) >= 11 is 0. The molecule has 1 aromatic carbocycles. The van der Waals surface area contributed by atoms with Crippen LogP contribution in [0.25, 0.3) is 0 Å². The normalized spacial score (nSPS) is 22.7. The number of hydrogen-bond acceptors (Lipinski definition) is 5. The van der Waals surface area contributed by atoms with Gasteiger partial charge in [0, 0.05) is 0 Å². The number of aliphatic hydroxyl groups excluding tert-OH is 1. The number of nitrogens with one attached hydrogen (secondary N) is 2. The van der Waals surface area contributed by atoms with E-state index < -0.39 is 23.6 Å². The first kappa shape index (κ1) is 16.6. The quantitative estimate of drug-likeness (QED) is 0.571. The molecule has 0 saturated carbocycles. The van der Waals surface area contributed by atoms with Gasteiger partial charge in [-0.1, -0.05) is 30.3 Å². The smallest absolute Gasteiger partial charge is 0.240 e. The summed E-state index contributed by atoms with van der Waals surface area (Å²) in [5.41, 5.74) is 0.150. The van der Waals surface area contributed by atoms with Crippen molar-refractivity contribution in [3.63, 3.8) is 0 Å². The number of ketones is 1. The van der Waals surface area contributed by atoms with Gasteiger partial charge in [0.15, 0.2) is 5.78 Å². The Kier molecular flexibility index (Phi) is 5.28. The Balaban J connectivity index is 2.11. The Labute approximate surface area is 129 Å². The summed E-state index contributed by atoms with van der Waals surface area (Å²) in [6.07, 6.45) is 0.395. The van der Waals surface area contributed by atoms with Gasteiger partial charge in [0.25, 0.3) is 0 Å². The van der Waals surface area contributed by atoms with Crippen LogP contribution >= 0.6 is 0 Å². The van der Waals surface area contributed by atoms with Crippen LogP contribution in [0.3, 0.4) is 0 Å². The van der Waals surface area contributed by atoms with E-state index in [9.17, 15) is 14.7 Å². The largest absolute Gasteiger partial charge is 0.394 e. The van der Waals surface area contributed by atoms with Gasteiger partial charge in [0.2, 0.25) is 5.91 Å². The van der Waals surface area contributed by atoms with E-state index in [1.54, 1.807) is 14.0 Å².